The average Bonchev–Trinajstić information content (AvgIpc) is 2.46. The van der Waals surface area contributed by atoms with Gasteiger partial charge in [0.1, 0.15) is 17.7 Å². The van der Waals surface area contributed by atoms with E-state index in [1.54, 1.807) is 12.1 Å². The van der Waals surface area contributed by atoms with E-state index in [-0.39, 0.29) is 11.3 Å². The zero-order valence-corrected chi connectivity index (χ0v) is 10.5. The summed E-state index contributed by atoms with van der Waals surface area (Å²) in [6, 6.07) is 7.30. The van der Waals surface area contributed by atoms with Gasteiger partial charge >= 0.3 is 0 Å². The van der Waals surface area contributed by atoms with Gasteiger partial charge in [-0.15, -0.1) is 10.2 Å². The molecule has 1 N–H and O–H groups in total. The van der Waals surface area contributed by atoms with Gasteiger partial charge in [0.25, 0.3) is 0 Å². The Kier molecular flexibility index (Phi) is 3.91. The molecule has 1 aromatic heterocycles. The Balaban J connectivity index is 2.29. The highest BCUT2D eigenvalue weighted by Gasteiger charge is 2.17. The summed E-state index contributed by atoms with van der Waals surface area (Å²) in [5.41, 5.74) is 0.352. The molecular formula is C13H13FN2O3. The van der Waals surface area contributed by atoms with Crippen LogP contribution in [0.5, 0.6) is 11.6 Å². The zero-order valence-electron chi connectivity index (χ0n) is 10.5. The number of methoxy groups -OCH3 is 2. The van der Waals surface area contributed by atoms with E-state index in [0.29, 0.717) is 11.6 Å². The molecule has 0 spiro atoms. The molecule has 2 aromatic rings. The third-order valence-electron chi connectivity index (χ3n) is 2.65. The van der Waals surface area contributed by atoms with Crippen molar-refractivity contribution in [2.24, 2.45) is 0 Å². The second kappa shape index (κ2) is 5.62. The summed E-state index contributed by atoms with van der Waals surface area (Å²) < 4.78 is 23.6. The Morgan fingerprint density at radius 2 is 1.89 bits per heavy atom. The normalized spacial score (nSPS) is 12.0. The minimum Gasteiger partial charge on any atom is -0.497 e. The quantitative estimate of drug-likeness (QED) is 0.910. The van der Waals surface area contributed by atoms with Crippen molar-refractivity contribution in [2.45, 2.75) is 6.10 Å². The maximum absolute atomic E-state index is 13.8. The van der Waals surface area contributed by atoms with Crippen LogP contribution in [-0.2, 0) is 0 Å². The summed E-state index contributed by atoms with van der Waals surface area (Å²) in [5, 5.41) is 17.6. The van der Waals surface area contributed by atoms with Gasteiger partial charge in [-0.25, -0.2) is 4.39 Å². The number of nitrogens with zero attached hydrogens (tertiary/aromatic N) is 2. The largest absolute Gasteiger partial charge is 0.497 e. The molecule has 0 radical (unpaired) electrons. The number of aliphatic hydroxyl groups excluding tert-OH is 1. The van der Waals surface area contributed by atoms with Crippen molar-refractivity contribution in [1.82, 2.24) is 10.2 Å². The third kappa shape index (κ3) is 2.79. The number of hydrogen-bond acceptors (Lipinski definition) is 5. The van der Waals surface area contributed by atoms with Gasteiger partial charge in [-0.05, 0) is 18.2 Å². The second-order valence-electron chi connectivity index (χ2n) is 3.79. The first-order valence-corrected chi connectivity index (χ1v) is 5.55. The van der Waals surface area contributed by atoms with E-state index in [0.717, 1.165) is 0 Å². The summed E-state index contributed by atoms with van der Waals surface area (Å²) in [4.78, 5) is 0. The fraction of sp³-hybridized carbons (Fsp3) is 0.231. The molecule has 0 amide bonds. The molecule has 5 nitrogen and oxygen atoms in total. The Labute approximate surface area is 109 Å². The van der Waals surface area contributed by atoms with Crippen LogP contribution in [0.3, 0.4) is 0 Å². The fourth-order valence-electron chi connectivity index (χ4n) is 1.60. The van der Waals surface area contributed by atoms with Crippen LogP contribution in [0.1, 0.15) is 17.4 Å². The molecule has 0 saturated heterocycles. The first kappa shape index (κ1) is 13.2. The lowest BCUT2D eigenvalue weighted by atomic mass is 10.1. The van der Waals surface area contributed by atoms with Gasteiger partial charge in [-0.2, -0.15) is 0 Å². The molecule has 0 bridgehead atoms. The smallest absolute Gasteiger partial charge is 0.233 e. The zero-order chi connectivity index (χ0) is 13.8. The second-order valence-corrected chi connectivity index (χ2v) is 3.79. The molecule has 1 atom stereocenters. The molecule has 1 aromatic carbocycles. The van der Waals surface area contributed by atoms with Gasteiger partial charge in [-0.1, -0.05) is 0 Å². The van der Waals surface area contributed by atoms with E-state index in [2.05, 4.69) is 10.2 Å². The number of hydrogen-bond donors (Lipinski definition) is 1. The van der Waals surface area contributed by atoms with Gasteiger partial charge in [-0.3, -0.25) is 0 Å². The molecule has 1 unspecified atom stereocenters. The van der Waals surface area contributed by atoms with Crippen molar-refractivity contribution in [3.05, 3.63) is 47.4 Å². The van der Waals surface area contributed by atoms with E-state index in [1.165, 1.54) is 32.4 Å². The fourth-order valence-corrected chi connectivity index (χ4v) is 1.60. The van der Waals surface area contributed by atoms with Crippen molar-refractivity contribution >= 4 is 0 Å². The van der Waals surface area contributed by atoms with Crippen LogP contribution in [0.15, 0.2) is 30.3 Å². The van der Waals surface area contributed by atoms with Crippen molar-refractivity contribution in [3.63, 3.8) is 0 Å². The molecule has 100 valence electrons. The van der Waals surface area contributed by atoms with E-state index in [9.17, 15) is 9.50 Å². The van der Waals surface area contributed by atoms with Crippen LogP contribution < -0.4 is 9.47 Å². The maximum Gasteiger partial charge on any atom is 0.233 e. The SMILES string of the molecule is COc1ccc(C(O)c2ccc(OC)nn2)c(F)c1. The van der Waals surface area contributed by atoms with Gasteiger partial charge in [0.2, 0.25) is 5.88 Å². The lowest BCUT2D eigenvalue weighted by Crippen LogP contribution is -2.06. The molecule has 2 rings (SSSR count). The summed E-state index contributed by atoms with van der Waals surface area (Å²) >= 11 is 0. The van der Waals surface area contributed by atoms with Gasteiger partial charge in [0.15, 0.2) is 0 Å². The summed E-state index contributed by atoms with van der Waals surface area (Å²) in [6.45, 7) is 0. The molecule has 0 aliphatic carbocycles. The van der Waals surface area contributed by atoms with E-state index >= 15 is 0 Å². The van der Waals surface area contributed by atoms with Crippen LogP contribution in [-0.4, -0.2) is 29.5 Å². The minimum atomic E-state index is -1.19. The number of aliphatic hydroxyl groups is 1. The monoisotopic (exact) mass is 264 g/mol. The topological polar surface area (TPSA) is 64.5 Å². The van der Waals surface area contributed by atoms with Crippen molar-refractivity contribution in [2.75, 3.05) is 14.2 Å². The number of rotatable bonds is 4. The average molecular weight is 264 g/mol. The van der Waals surface area contributed by atoms with E-state index in [1.807, 2.05) is 0 Å². The Morgan fingerprint density at radius 3 is 2.42 bits per heavy atom. The van der Waals surface area contributed by atoms with Gasteiger partial charge in [0, 0.05) is 17.7 Å². The van der Waals surface area contributed by atoms with Crippen molar-refractivity contribution < 1.29 is 19.0 Å². The highest BCUT2D eigenvalue weighted by Crippen LogP contribution is 2.26. The molecular weight excluding hydrogens is 251 g/mol. The van der Waals surface area contributed by atoms with Crippen molar-refractivity contribution in [1.29, 1.82) is 0 Å². The maximum atomic E-state index is 13.8. The Morgan fingerprint density at radius 1 is 1.11 bits per heavy atom. The highest BCUT2D eigenvalue weighted by atomic mass is 19.1. The number of ether oxygens (including phenoxy) is 2. The number of halogens is 1. The van der Waals surface area contributed by atoms with Crippen LogP contribution in [0.2, 0.25) is 0 Å². The Bertz CT molecular complexity index is 560. The summed E-state index contributed by atoms with van der Waals surface area (Å²) in [5.74, 6) is 0.143. The summed E-state index contributed by atoms with van der Waals surface area (Å²) in [6.07, 6.45) is -1.19. The van der Waals surface area contributed by atoms with Crippen LogP contribution in [0.4, 0.5) is 4.39 Å². The molecule has 0 aliphatic rings. The van der Waals surface area contributed by atoms with E-state index in [4.69, 9.17) is 9.47 Å². The predicted molar refractivity (Wildman–Crippen MR) is 65.6 cm³/mol. The van der Waals surface area contributed by atoms with Crippen molar-refractivity contribution in [3.8, 4) is 11.6 Å². The first-order chi connectivity index (χ1) is 9.15. The molecule has 0 saturated carbocycles. The number of aromatic nitrogens is 2. The minimum absolute atomic E-state index is 0.111. The number of benzene rings is 1. The highest BCUT2D eigenvalue weighted by molar-refractivity contribution is 5.33. The molecule has 0 fully saturated rings. The first-order valence-electron chi connectivity index (χ1n) is 5.55. The van der Waals surface area contributed by atoms with E-state index < -0.39 is 11.9 Å². The van der Waals surface area contributed by atoms with Crippen LogP contribution in [0.25, 0.3) is 0 Å². The lowest BCUT2D eigenvalue weighted by molar-refractivity contribution is 0.208. The molecule has 6 heteroatoms. The predicted octanol–water partition coefficient (Wildman–Crippen LogP) is 1.71. The van der Waals surface area contributed by atoms with Gasteiger partial charge in [0.05, 0.1) is 19.9 Å². The molecule has 0 aliphatic heterocycles. The third-order valence-corrected chi connectivity index (χ3v) is 2.65. The van der Waals surface area contributed by atoms with Crippen LogP contribution >= 0.6 is 0 Å². The molecule has 1 heterocycles. The summed E-state index contributed by atoms with van der Waals surface area (Å²) in [7, 11) is 2.91. The lowest BCUT2D eigenvalue weighted by Gasteiger charge is -2.12. The van der Waals surface area contributed by atoms with Gasteiger partial charge < -0.3 is 14.6 Å². The molecule has 19 heavy (non-hydrogen) atoms. The Hall–Kier alpha value is -2.21. The van der Waals surface area contributed by atoms with Crippen LogP contribution in [0, 0.1) is 5.82 Å². The standard InChI is InChI=1S/C13H13FN2O3/c1-18-8-3-4-9(10(14)7-8)13(17)11-5-6-12(19-2)16-15-11/h3-7,13,17H,1-2H3.